The molecule has 0 aromatic rings. The van der Waals surface area contributed by atoms with Crippen LogP contribution in [0.25, 0.3) is 0 Å². The molecule has 4 nitrogen and oxygen atoms in total. The van der Waals surface area contributed by atoms with Gasteiger partial charge in [-0.25, -0.2) is 0 Å². The van der Waals surface area contributed by atoms with Crippen LogP contribution in [0.15, 0.2) is 0 Å². The molecule has 1 spiro atoms. The second kappa shape index (κ2) is 7.28. The number of fused-ring (bicyclic) bond motifs is 4. The number of carbonyl (C=O) groups is 1. The molecule has 0 radical (unpaired) electrons. The minimum atomic E-state index is -1.26. The van der Waals surface area contributed by atoms with E-state index in [4.69, 9.17) is 4.74 Å². The van der Waals surface area contributed by atoms with Crippen molar-refractivity contribution >= 4 is 5.78 Å². The molecule has 0 amide bonds. The van der Waals surface area contributed by atoms with Gasteiger partial charge in [0, 0.05) is 18.3 Å². The predicted molar refractivity (Wildman–Crippen MR) is 125 cm³/mol. The van der Waals surface area contributed by atoms with Gasteiger partial charge in [0.25, 0.3) is 0 Å². The second-order valence-electron chi connectivity index (χ2n) is 13.5. The van der Waals surface area contributed by atoms with Gasteiger partial charge in [0.15, 0.2) is 5.78 Å². The van der Waals surface area contributed by atoms with E-state index < -0.39 is 16.6 Å². The van der Waals surface area contributed by atoms with Crippen molar-refractivity contribution < 1.29 is 19.7 Å². The van der Waals surface area contributed by atoms with Crippen LogP contribution in [0.3, 0.4) is 0 Å². The van der Waals surface area contributed by atoms with Crippen LogP contribution in [0.1, 0.15) is 99.3 Å². The number of rotatable bonds is 5. The largest absolute Gasteiger partial charge is 0.393 e. The van der Waals surface area contributed by atoms with E-state index in [2.05, 4.69) is 34.6 Å². The van der Waals surface area contributed by atoms with Crippen LogP contribution in [0.5, 0.6) is 0 Å². The summed E-state index contributed by atoms with van der Waals surface area (Å²) in [6, 6.07) is 0. The van der Waals surface area contributed by atoms with E-state index in [9.17, 15) is 15.0 Å². The molecule has 32 heavy (non-hydrogen) atoms. The fraction of sp³-hybridized carbons (Fsp3) is 0.964. The minimum absolute atomic E-state index is 0.0286. The first-order valence-corrected chi connectivity index (χ1v) is 13.5. The highest BCUT2D eigenvalue weighted by molar-refractivity contribution is 5.96. The van der Waals surface area contributed by atoms with Gasteiger partial charge in [-0.3, -0.25) is 4.79 Å². The van der Waals surface area contributed by atoms with Gasteiger partial charge in [0.05, 0.1) is 17.6 Å². The Labute approximate surface area is 194 Å². The molecule has 1 aliphatic heterocycles. The van der Waals surface area contributed by atoms with E-state index in [0.717, 1.165) is 37.5 Å². The number of aliphatic hydroxyl groups is 2. The zero-order chi connectivity index (χ0) is 23.3. The molecule has 1 heterocycles. The maximum atomic E-state index is 14.2. The van der Waals surface area contributed by atoms with Crippen LogP contribution >= 0.6 is 0 Å². The summed E-state index contributed by atoms with van der Waals surface area (Å²) in [4.78, 5) is 14.2. The molecule has 0 aromatic heterocycles. The first-order valence-electron chi connectivity index (χ1n) is 13.5. The summed E-state index contributed by atoms with van der Waals surface area (Å²) in [5, 5.41) is 22.7. The number of Topliss-reactive ketones (excluding diaryl/α,β-unsaturated/α-hetero) is 1. The number of carbonyl (C=O) groups excluding carboxylic acids is 1. The quantitative estimate of drug-likeness (QED) is 0.574. The smallest absolute Gasteiger partial charge is 0.173 e. The summed E-state index contributed by atoms with van der Waals surface area (Å²) in [5.74, 6) is 2.67. The summed E-state index contributed by atoms with van der Waals surface area (Å²) >= 11 is 0. The van der Waals surface area contributed by atoms with Crippen molar-refractivity contribution in [1.29, 1.82) is 0 Å². The van der Waals surface area contributed by atoms with Crippen molar-refractivity contribution in [3.05, 3.63) is 0 Å². The predicted octanol–water partition coefficient (Wildman–Crippen LogP) is 5.14. The number of aliphatic hydroxyl groups excluding tert-OH is 1. The maximum Gasteiger partial charge on any atom is 0.173 e. The van der Waals surface area contributed by atoms with Crippen LogP contribution in [0.4, 0.5) is 0 Å². The highest BCUT2D eigenvalue weighted by Crippen LogP contribution is 2.73. The Morgan fingerprint density at radius 2 is 1.75 bits per heavy atom. The fourth-order valence-electron chi connectivity index (χ4n) is 9.29. The minimum Gasteiger partial charge on any atom is -0.393 e. The molecule has 1 saturated heterocycles. The number of ether oxygens (including phenoxy) is 1. The average molecular weight is 447 g/mol. The van der Waals surface area contributed by atoms with E-state index in [1.54, 1.807) is 0 Å². The lowest BCUT2D eigenvalue weighted by molar-refractivity contribution is -0.196. The van der Waals surface area contributed by atoms with E-state index >= 15 is 0 Å². The molecule has 0 aromatic carbocycles. The zero-order valence-corrected chi connectivity index (χ0v) is 21.2. The van der Waals surface area contributed by atoms with Crippen molar-refractivity contribution in [1.82, 2.24) is 0 Å². The summed E-state index contributed by atoms with van der Waals surface area (Å²) in [6.07, 6.45) is 7.95. The van der Waals surface area contributed by atoms with Crippen molar-refractivity contribution in [2.75, 3.05) is 0 Å². The van der Waals surface area contributed by atoms with Crippen LogP contribution in [0.2, 0.25) is 0 Å². The number of epoxide rings is 1. The average Bonchev–Trinajstić information content (AvgIpc) is 3.32. The first kappa shape index (κ1) is 23.3. The first-order chi connectivity index (χ1) is 14.9. The Hall–Kier alpha value is -0.450. The van der Waals surface area contributed by atoms with E-state index in [1.165, 1.54) is 12.8 Å². The Bertz CT molecular complexity index is 779. The third-order valence-corrected chi connectivity index (χ3v) is 11.8. The fourth-order valence-corrected chi connectivity index (χ4v) is 9.29. The topological polar surface area (TPSA) is 70.1 Å². The standard InChI is InChI=1S/C28H46O4/c1-16(2)17(3)7-8-18(4)20-9-10-22-25(20,5)13-12-21-23-27(32-23)15-19(29)11-14-26(27,6)24(30)28(21,22)31/h16-23,29,31H,7-15H2,1-6H3. The molecular weight excluding hydrogens is 400 g/mol. The molecule has 5 rings (SSSR count). The Morgan fingerprint density at radius 1 is 1.03 bits per heavy atom. The SMILES string of the molecule is CC(C)C(C)CCC(C)C1CCC2C1(C)CCC1C3OC34CC(O)CCC4(C)C(=O)C12O. The molecule has 11 atom stereocenters. The Kier molecular flexibility index (Phi) is 5.30. The lowest BCUT2D eigenvalue weighted by Gasteiger charge is -2.59. The van der Waals surface area contributed by atoms with Gasteiger partial charge in [-0.15, -0.1) is 0 Å². The Morgan fingerprint density at radius 3 is 2.44 bits per heavy atom. The lowest BCUT2D eigenvalue weighted by Crippen LogP contribution is -2.71. The number of ketones is 1. The molecule has 4 aliphatic carbocycles. The van der Waals surface area contributed by atoms with Crippen LogP contribution in [0, 0.1) is 46.3 Å². The molecule has 11 unspecified atom stereocenters. The highest BCUT2D eigenvalue weighted by Gasteiger charge is 2.83. The molecular formula is C28H46O4. The van der Waals surface area contributed by atoms with Crippen molar-refractivity contribution in [3.8, 4) is 0 Å². The molecule has 5 fully saturated rings. The molecule has 0 bridgehead atoms. The third-order valence-electron chi connectivity index (χ3n) is 11.8. The van der Waals surface area contributed by atoms with Gasteiger partial charge in [-0.2, -0.15) is 0 Å². The van der Waals surface area contributed by atoms with E-state index in [1.807, 2.05) is 6.92 Å². The summed E-state index contributed by atoms with van der Waals surface area (Å²) in [7, 11) is 0. The molecule has 4 heteroatoms. The van der Waals surface area contributed by atoms with Crippen molar-refractivity contribution in [2.24, 2.45) is 46.3 Å². The van der Waals surface area contributed by atoms with Gasteiger partial charge in [0.1, 0.15) is 11.2 Å². The van der Waals surface area contributed by atoms with E-state index in [-0.39, 0.29) is 35.2 Å². The van der Waals surface area contributed by atoms with Crippen molar-refractivity contribution in [3.63, 3.8) is 0 Å². The summed E-state index contributed by atoms with van der Waals surface area (Å²) in [6.45, 7) is 13.8. The third kappa shape index (κ3) is 2.81. The van der Waals surface area contributed by atoms with Crippen molar-refractivity contribution in [2.45, 2.75) is 123 Å². The molecule has 182 valence electrons. The molecule has 2 N–H and O–H groups in total. The van der Waals surface area contributed by atoms with Gasteiger partial charge in [-0.05, 0) is 74.5 Å². The number of hydrogen-bond donors (Lipinski definition) is 2. The molecule has 4 saturated carbocycles. The Balaban J connectivity index is 1.41. The maximum absolute atomic E-state index is 14.2. The number of hydrogen-bond acceptors (Lipinski definition) is 4. The van der Waals surface area contributed by atoms with Crippen LogP contribution in [-0.2, 0) is 9.53 Å². The van der Waals surface area contributed by atoms with Crippen LogP contribution < -0.4 is 0 Å². The second-order valence-corrected chi connectivity index (χ2v) is 13.5. The normalized spacial score (nSPS) is 53.8. The van der Waals surface area contributed by atoms with Gasteiger partial charge in [0.2, 0.25) is 0 Å². The summed E-state index contributed by atoms with van der Waals surface area (Å²) < 4.78 is 6.35. The zero-order valence-electron chi connectivity index (χ0n) is 21.2. The lowest BCUT2D eigenvalue weighted by atomic mass is 9.44. The molecule has 5 aliphatic rings. The van der Waals surface area contributed by atoms with Gasteiger partial charge in [-0.1, -0.05) is 47.5 Å². The van der Waals surface area contributed by atoms with E-state index in [0.29, 0.717) is 31.1 Å². The monoisotopic (exact) mass is 446 g/mol. The van der Waals surface area contributed by atoms with Gasteiger partial charge >= 0.3 is 0 Å². The van der Waals surface area contributed by atoms with Crippen LogP contribution in [-0.4, -0.2) is 39.4 Å². The summed E-state index contributed by atoms with van der Waals surface area (Å²) in [5.41, 5.74) is -2.41. The highest BCUT2D eigenvalue weighted by atomic mass is 16.6. The van der Waals surface area contributed by atoms with Gasteiger partial charge < -0.3 is 14.9 Å².